The van der Waals surface area contributed by atoms with Crippen molar-refractivity contribution in [2.45, 2.75) is 18.2 Å². The first kappa shape index (κ1) is 5.99. The minimum Gasteiger partial charge on any atom is -0.302 e. The average molecular weight is 146 g/mol. The fraction of sp³-hybridized carbons (Fsp3) is 1.00. The van der Waals surface area contributed by atoms with Crippen LogP contribution < -0.4 is 0 Å². The first-order chi connectivity index (χ1) is 4.36. The van der Waals surface area contributed by atoms with Crippen molar-refractivity contribution in [1.29, 1.82) is 0 Å². The van der Waals surface area contributed by atoms with Gasteiger partial charge in [-0.1, -0.05) is 0 Å². The van der Waals surface area contributed by atoms with Crippen LogP contribution in [0.5, 0.6) is 0 Å². The number of halogens is 1. The third-order valence-electron chi connectivity index (χ3n) is 2.58. The van der Waals surface area contributed by atoms with Crippen LogP contribution in [0.1, 0.15) is 12.8 Å². The number of nitrogens with zero attached hydrogens (tertiary/aromatic N) is 1. The quantitative estimate of drug-likeness (QED) is 0.465. The molecule has 0 N–H and O–H groups in total. The highest BCUT2D eigenvalue weighted by Gasteiger charge is 2.32. The maximum atomic E-state index is 6.07. The lowest BCUT2D eigenvalue weighted by Gasteiger charge is -2.42. The summed E-state index contributed by atoms with van der Waals surface area (Å²) in [4.78, 5) is 2.47. The topological polar surface area (TPSA) is 3.24 Å². The Labute approximate surface area is 61.0 Å². The number of rotatable bonds is 0. The van der Waals surface area contributed by atoms with Crippen molar-refractivity contribution in [2.75, 3.05) is 19.6 Å². The lowest BCUT2D eigenvalue weighted by Crippen LogP contribution is -2.48. The molecule has 0 saturated carbocycles. The summed E-state index contributed by atoms with van der Waals surface area (Å²) in [5, 5.41) is 0.465. The molecule has 0 unspecified atom stereocenters. The zero-order chi connectivity index (χ0) is 6.27. The fourth-order valence-electron chi connectivity index (χ4n) is 1.89. The van der Waals surface area contributed by atoms with Crippen molar-refractivity contribution in [1.82, 2.24) is 4.90 Å². The summed E-state index contributed by atoms with van der Waals surface area (Å²) in [6.07, 6.45) is 2.68. The zero-order valence-electron chi connectivity index (χ0n) is 5.52. The van der Waals surface area contributed by atoms with E-state index in [4.69, 9.17) is 11.6 Å². The van der Waals surface area contributed by atoms with Gasteiger partial charge in [-0.15, -0.1) is 11.6 Å². The molecule has 3 aliphatic heterocycles. The van der Waals surface area contributed by atoms with Crippen molar-refractivity contribution in [3.63, 3.8) is 0 Å². The summed E-state index contributed by atoms with van der Waals surface area (Å²) < 4.78 is 0. The van der Waals surface area contributed by atoms with Gasteiger partial charge in [0.2, 0.25) is 0 Å². The highest BCUT2D eigenvalue weighted by molar-refractivity contribution is 6.21. The van der Waals surface area contributed by atoms with Gasteiger partial charge in [-0.3, -0.25) is 0 Å². The van der Waals surface area contributed by atoms with E-state index in [9.17, 15) is 0 Å². The van der Waals surface area contributed by atoms with Gasteiger partial charge >= 0.3 is 0 Å². The van der Waals surface area contributed by atoms with E-state index in [1.807, 2.05) is 0 Å². The molecule has 1 atom stereocenters. The Morgan fingerprint density at radius 3 is 2.11 bits per heavy atom. The molecule has 0 aromatic carbocycles. The van der Waals surface area contributed by atoms with E-state index in [1.165, 1.54) is 25.9 Å². The van der Waals surface area contributed by atoms with Crippen molar-refractivity contribution in [3.8, 4) is 0 Å². The smallest absolute Gasteiger partial charge is 0.0492 e. The number of piperidine rings is 3. The Morgan fingerprint density at radius 1 is 1.22 bits per heavy atom. The van der Waals surface area contributed by atoms with Crippen LogP contribution in [0.15, 0.2) is 0 Å². The second-order valence-electron chi connectivity index (χ2n) is 3.15. The number of alkyl halides is 1. The van der Waals surface area contributed by atoms with Gasteiger partial charge in [-0.25, -0.2) is 0 Å². The molecule has 9 heavy (non-hydrogen) atoms. The fourth-order valence-corrected chi connectivity index (χ4v) is 2.34. The maximum Gasteiger partial charge on any atom is 0.0492 e. The van der Waals surface area contributed by atoms with Crippen molar-refractivity contribution >= 4 is 11.6 Å². The van der Waals surface area contributed by atoms with Crippen LogP contribution in [0.3, 0.4) is 0 Å². The summed E-state index contributed by atoms with van der Waals surface area (Å²) in [7, 11) is 0. The number of hydrogen-bond acceptors (Lipinski definition) is 1. The third kappa shape index (κ3) is 0.968. The molecule has 0 aromatic heterocycles. The molecule has 3 rings (SSSR count). The predicted octanol–water partition coefficient (Wildman–Crippen LogP) is 1.32. The highest BCUT2D eigenvalue weighted by Crippen LogP contribution is 2.30. The van der Waals surface area contributed by atoms with Crippen LogP contribution >= 0.6 is 11.6 Å². The monoisotopic (exact) mass is 145 g/mol. The van der Waals surface area contributed by atoms with E-state index in [0.717, 1.165) is 12.5 Å². The summed E-state index contributed by atoms with van der Waals surface area (Å²) in [5.74, 6) is 0.844. The Morgan fingerprint density at radius 2 is 1.89 bits per heavy atom. The van der Waals surface area contributed by atoms with E-state index in [0.29, 0.717) is 5.38 Å². The minimum atomic E-state index is 0.465. The van der Waals surface area contributed by atoms with Gasteiger partial charge in [0.15, 0.2) is 0 Å². The standard InChI is InChI=1S/C7H12ClN/c8-7-5-9-3-1-6(7)2-4-9/h6-7H,1-5H2/t7-/m1/s1. The zero-order valence-corrected chi connectivity index (χ0v) is 6.27. The predicted molar refractivity (Wildman–Crippen MR) is 38.8 cm³/mol. The van der Waals surface area contributed by atoms with Gasteiger partial charge in [0.1, 0.15) is 0 Å². The second kappa shape index (κ2) is 2.14. The summed E-state index contributed by atoms with van der Waals surface area (Å²) >= 11 is 6.07. The van der Waals surface area contributed by atoms with Gasteiger partial charge in [-0.2, -0.15) is 0 Å². The Bertz CT molecular complexity index is 107. The largest absolute Gasteiger partial charge is 0.302 e. The highest BCUT2D eigenvalue weighted by atomic mass is 35.5. The Kier molecular flexibility index (Phi) is 1.42. The van der Waals surface area contributed by atoms with E-state index < -0.39 is 0 Å². The molecule has 0 amide bonds. The minimum absolute atomic E-state index is 0.465. The van der Waals surface area contributed by atoms with Gasteiger partial charge in [0.25, 0.3) is 0 Å². The lowest BCUT2D eigenvalue weighted by molar-refractivity contribution is 0.116. The summed E-state index contributed by atoms with van der Waals surface area (Å²) in [6.45, 7) is 3.74. The second-order valence-corrected chi connectivity index (χ2v) is 3.71. The van der Waals surface area contributed by atoms with Gasteiger partial charge < -0.3 is 4.90 Å². The Balaban J connectivity index is 2.06. The van der Waals surface area contributed by atoms with E-state index in [2.05, 4.69) is 4.90 Å². The molecule has 0 radical (unpaired) electrons. The van der Waals surface area contributed by atoms with Crippen LogP contribution in [0.2, 0.25) is 0 Å². The molecule has 3 fully saturated rings. The average Bonchev–Trinajstić information content (AvgIpc) is 1.90. The Hall–Kier alpha value is 0.250. The molecular weight excluding hydrogens is 134 g/mol. The first-order valence-electron chi connectivity index (χ1n) is 3.72. The van der Waals surface area contributed by atoms with Crippen LogP contribution in [-0.4, -0.2) is 29.9 Å². The molecule has 0 aliphatic carbocycles. The molecule has 2 heteroatoms. The van der Waals surface area contributed by atoms with E-state index in [-0.39, 0.29) is 0 Å². The van der Waals surface area contributed by atoms with Crippen molar-refractivity contribution in [2.24, 2.45) is 5.92 Å². The van der Waals surface area contributed by atoms with Gasteiger partial charge in [0, 0.05) is 11.9 Å². The molecule has 3 heterocycles. The molecule has 2 bridgehead atoms. The normalized spacial score (nSPS) is 49.7. The van der Waals surface area contributed by atoms with Crippen LogP contribution in [-0.2, 0) is 0 Å². The van der Waals surface area contributed by atoms with Gasteiger partial charge in [-0.05, 0) is 31.8 Å². The summed E-state index contributed by atoms with van der Waals surface area (Å²) in [6, 6.07) is 0. The molecular formula is C7H12ClN. The van der Waals surface area contributed by atoms with E-state index in [1.54, 1.807) is 0 Å². The number of hydrogen-bond donors (Lipinski definition) is 0. The summed E-state index contributed by atoms with van der Waals surface area (Å²) in [5.41, 5.74) is 0. The van der Waals surface area contributed by atoms with Crippen molar-refractivity contribution in [3.05, 3.63) is 0 Å². The molecule has 1 nitrogen and oxygen atoms in total. The van der Waals surface area contributed by atoms with Crippen LogP contribution in [0, 0.1) is 5.92 Å². The SMILES string of the molecule is Cl[C@@H]1CN2CCC1CC2. The molecule has 0 spiro atoms. The molecule has 52 valence electrons. The third-order valence-corrected chi connectivity index (χ3v) is 3.07. The first-order valence-corrected chi connectivity index (χ1v) is 4.16. The van der Waals surface area contributed by atoms with Crippen LogP contribution in [0.4, 0.5) is 0 Å². The van der Waals surface area contributed by atoms with E-state index >= 15 is 0 Å². The lowest BCUT2D eigenvalue weighted by atomic mass is 9.88. The molecule has 3 aliphatic rings. The van der Waals surface area contributed by atoms with Crippen LogP contribution in [0.25, 0.3) is 0 Å². The van der Waals surface area contributed by atoms with Gasteiger partial charge in [0.05, 0.1) is 0 Å². The molecule has 0 aromatic rings. The van der Waals surface area contributed by atoms with Crippen molar-refractivity contribution < 1.29 is 0 Å². The maximum absolute atomic E-state index is 6.07. The number of fused-ring (bicyclic) bond motifs is 3. The molecule has 3 saturated heterocycles.